The van der Waals surface area contributed by atoms with Gasteiger partial charge in [-0.3, -0.25) is 4.79 Å². The fraction of sp³-hybridized carbons (Fsp3) is 0.440. The van der Waals surface area contributed by atoms with E-state index in [2.05, 4.69) is 65.6 Å². The predicted molar refractivity (Wildman–Crippen MR) is 122 cm³/mol. The molecule has 3 aromatic rings. The Morgan fingerprint density at radius 2 is 1.83 bits per heavy atom. The van der Waals surface area contributed by atoms with Crippen LogP contribution in [0.5, 0.6) is 0 Å². The van der Waals surface area contributed by atoms with Crippen LogP contribution in [0.4, 0.5) is 0 Å². The lowest BCUT2D eigenvalue weighted by Crippen LogP contribution is -2.40. The van der Waals surface area contributed by atoms with Crippen molar-refractivity contribution in [2.45, 2.75) is 51.6 Å². The number of rotatable bonds is 7. The van der Waals surface area contributed by atoms with Gasteiger partial charge >= 0.3 is 0 Å². The quantitative estimate of drug-likeness (QED) is 0.635. The van der Waals surface area contributed by atoms with Crippen molar-refractivity contribution in [1.29, 1.82) is 0 Å². The summed E-state index contributed by atoms with van der Waals surface area (Å²) >= 11 is 0. The summed E-state index contributed by atoms with van der Waals surface area (Å²) < 4.78 is 1.94. The van der Waals surface area contributed by atoms with Crippen LogP contribution < -0.4 is 5.32 Å². The van der Waals surface area contributed by atoms with Crippen molar-refractivity contribution in [3.8, 4) is 11.1 Å². The van der Waals surface area contributed by atoms with E-state index in [1.165, 1.54) is 43.2 Å². The van der Waals surface area contributed by atoms with Gasteiger partial charge in [0.15, 0.2) is 0 Å². The van der Waals surface area contributed by atoms with Gasteiger partial charge in [0.25, 0.3) is 0 Å². The highest BCUT2D eigenvalue weighted by atomic mass is 16.1. The summed E-state index contributed by atoms with van der Waals surface area (Å²) in [6, 6.07) is 15.4. The van der Waals surface area contributed by atoms with Crippen LogP contribution in [0.25, 0.3) is 22.2 Å². The molecule has 1 N–H and O–H groups in total. The van der Waals surface area contributed by atoms with Crippen LogP contribution in [0.1, 0.15) is 37.7 Å². The number of hydrogen-bond donors (Lipinski definition) is 1. The molecule has 1 aliphatic carbocycles. The van der Waals surface area contributed by atoms with Crippen LogP contribution in [0.15, 0.2) is 48.8 Å². The average Bonchev–Trinajstić information content (AvgIpc) is 3.16. The second-order valence-electron chi connectivity index (χ2n) is 8.56. The molecule has 0 saturated heterocycles. The minimum atomic E-state index is 0.0343. The van der Waals surface area contributed by atoms with Gasteiger partial charge in [-0.1, -0.05) is 55.2 Å². The zero-order chi connectivity index (χ0) is 20.9. The second-order valence-corrected chi connectivity index (χ2v) is 8.56. The summed E-state index contributed by atoms with van der Waals surface area (Å²) in [7, 11) is 2.18. The SMILES string of the molecule is Cc1ccc(-c2ccc3ncn(CC(=O)NCCN(C)C4CCCCC4)c3c2)cc1. The van der Waals surface area contributed by atoms with Crippen LogP contribution in [-0.4, -0.2) is 46.5 Å². The Morgan fingerprint density at radius 3 is 2.60 bits per heavy atom. The van der Waals surface area contributed by atoms with Crippen LogP contribution in [-0.2, 0) is 11.3 Å². The van der Waals surface area contributed by atoms with Gasteiger partial charge in [-0.2, -0.15) is 0 Å². The highest BCUT2D eigenvalue weighted by Crippen LogP contribution is 2.24. The van der Waals surface area contributed by atoms with E-state index in [9.17, 15) is 4.79 Å². The number of fused-ring (bicyclic) bond motifs is 1. The zero-order valence-corrected chi connectivity index (χ0v) is 18.1. The molecule has 1 aromatic heterocycles. The number of carbonyl (C=O) groups excluding carboxylic acids is 1. The van der Waals surface area contributed by atoms with Gasteiger partial charge < -0.3 is 14.8 Å². The van der Waals surface area contributed by atoms with Crippen LogP contribution in [0.3, 0.4) is 0 Å². The molecule has 158 valence electrons. The number of benzene rings is 2. The maximum atomic E-state index is 12.5. The van der Waals surface area contributed by atoms with Crippen molar-refractivity contribution in [1.82, 2.24) is 19.8 Å². The molecule has 1 amide bonds. The molecular formula is C25H32N4O. The van der Waals surface area contributed by atoms with E-state index < -0.39 is 0 Å². The monoisotopic (exact) mass is 404 g/mol. The Balaban J connectivity index is 1.36. The number of nitrogens with one attached hydrogen (secondary N) is 1. The van der Waals surface area contributed by atoms with Crippen molar-refractivity contribution in [3.63, 3.8) is 0 Å². The second kappa shape index (κ2) is 9.43. The summed E-state index contributed by atoms with van der Waals surface area (Å²) in [5.74, 6) is 0.0343. The Hall–Kier alpha value is -2.66. The minimum Gasteiger partial charge on any atom is -0.353 e. The summed E-state index contributed by atoms with van der Waals surface area (Å²) in [6.07, 6.45) is 8.37. The molecule has 5 nitrogen and oxygen atoms in total. The van der Waals surface area contributed by atoms with Crippen molar-refractivity contribution in [3.05, 3.63) is 54.4 Å². The van der Waals surface area contributed by atoms with Crippen LogP contribution >= 0.6 is 0 Å². The average molecular weight is 405 g/mol. The molecule has 0 aliphatic heterocycles. The number of imidazole rings is 1. The van der Waals surface area contributed by atoms with E-state index in [-0.39, 0.29) is 5.91 Å². The fourth-order valence-corrected chi connectivity index (χ4v) is 4.39. The van der Waals surface area contributed by atoms with Gasteiger partial charge in [0, 0.05) is 19.1 Å². The highest BCUT2D eigenvalue weighted by Gasteiger charge is 2.17. The number of hydrogen-bond acceptors (Lipinski definition) is 3. The van der Waals surface area contributed by atoms with Gasteiger partial charge in [-0.25, -0.2) is 4.98 Å². The van der Waals surface area contributed by atoms with E-state index in [0.29, 0.717) is 19.1 Å². The Kier molecular flexibility index (Phi) is 6.48. The van der Waals surface area contributed by atoms with Gasteiger partial charge in [0.1, 0.15) is 6.54 Å². The molecule has 0 spiro atoms. The molecule has 1 heterocycles. The fourth-order valence-electron chi connectivity index (χ4n) is 4.39. The molecule has 0 unspecified atom stereocenters. The molecule has 5 heteroatoms. The molecular weight excluding hydrogens is 372 g/mol. The van der Waals surface area contributed by atoms with Gasteiger partial charge in [-0.15, -0.1) is 0 Å². The lowest BCUT2D eigenvalue weighted by atomic mass is 9.94. The predicted octanol–water partition coefficient (Wildman–Crippen LogP) is 4.39. The molecule has 30 heavy (non-hydrogen) atoms. The molecule has 2 aromatic carbocycles. The Labute approximate surface area is 179 Å². The first kappa shape index (κ1) is 20.6. The molecule has 1 fully saturated rings. The van der Waals surface area contributed by atoms with Gasteiger partial charge in [-0.05, 0) is 50.1 Å². The minimum absolute atomic E-state index is 0.0343. The number of nitrogens with zero attached hydrogens (tertiary/aromatic N) is 3. The summed E-state index contributed by atoms with van der Waals surface area (Å²) in [6.45, 7) is 3.97. The van der Waals surface area contributed by atoms with E-state index >= 15 is 0 Å². The van der Waals surface area contributed by atoms with Crippen LogP contribution in [0.2, 0.25) is 0 Å². The molecule has 0 atom stereocenters. The third-order valence-corrected chi connectivity index (χ3v) is 6.30. The lowest BCUT2D eigenvalue weighted by molar-refractivity contribution is -0.121. The van der Waals surface area contributed by atoms with E-state index in [0.717, 1.165) is 23.1 Å². The Bertz CT molecular complexity index is 986. The molecule has 1 aliphatic rings. The van der Waals surface area contributed by atoms with Gasteiger partial charge in [0.2, 0.25) is 5.91 Å². The molecule has 4 rings (SSSR count). The van der Waals surface area contributed by atoms with Crippen LogP contribution in [0, 0.1) is 6.92 Å². The number of aromatic nitrogens is 2. The summed E-state index contributed by atoms with van der Waals surface area (Å²) in [4.78, 5) is 19.4. The molecule has 0 bridgehead atoms. The highest BCUT2D eigenvalue weighted by molar-refractivity contribution is 5.84. The lowest BCUT2D eigenvalue weighted by Gasteiger charge is -2.31. The number of aryl methyl sites for hydroxylation is 1. The first-order valence-electron chi connectivity index (χ1n) is 11.1. The van der Waals surface area contributed by atoms with Crippen molar-refractivity contribution < 1.29 is 4.79 Å². The standard InChI is InChI=1S/C25H32N4O/c1-19-8-10-20(11-9-19)21-12-13-23-24(16-21)29(18-27-23)17-25(30)26-14-15-28(2)22-6-4-3-5-7-22/h8-13,16,18,22H,3-7,14-15,17H2,1-2H3,(H,26,30). The van der Waals surface area contributed by atoms with E-state index in [1.807, 2.05) is 10.6 Å². The van der Waals surface area contributed by atoms with Gasteiger partial charge in [0.05, 0.1) is 17.4 Å². The molecule has 0 radical (unpaired) electrons. The molecule has 1 saturated carbocycles. The van der Waals surface area contributed by atoms with E-state index in [4.69, 9.17) is 0 Å². The summed E-state index contributed by atoms with van der Waals surface area (Å²) in [5, 5.41) is 3.08. The maximum Gasteiger partial charge on any atom is 0.240 e. The maximum absolute atomic E-state index is 12.5. The number of carbonyl (C=O) groups is 1. The first-order chi connectivity index (χ1) is 14.6. The van der Waals surface area contributed by atoms with E-state index in [1.54, 1.807) is 6.33 Å². The third-order valence-electron chi connectivity index (χ3n) is 6.30. The largest absolute Gasteiger partial charge is 0.353 e. The first-order valence-corrected chi connectivity index (χ1v) is 11.1. The third kappa shape index (κ3) is 4.90. The zero-order valence-electron chi connectivity index (χ0n) is 18.1. The number of likely N-dealkylation sites (N-methyl/N-ethyl adjacent to an activating group) is 1. The number of amides is 1. The van der Waals surface area contributed by atoms with Crippen molar-refractivity contribution in [2.24, 2.45) is 0 Å². The normalized spacial score (nSPS) is 15.0. The van der Waals surface area contributed by atoms with Crippen molar-refractivity contribution >= 4 is 16.9 Å². The van der Waals surface area contributed by atoms with Crippen molar-refractivity contribution in [2.75, 3.05) is 20.1 Å². The Morgan fingerprint density at radius 1 is 1.10 bits per heavy atom. The summed E-state index contributed by atoms with van der Waals surface area (Å²) in [5.41, 5.74) is 5.46. The smallest absolute Gasteiger partial charge is 0.240 e. The topological polar surface area (TPSA) is 50.2 Å².